The summed E-state index contributed by atoms with van der Waals surface area (Å²) in [6, 6.07) is 10.7. The summed E-state index contributed by atoms with van der Waals surface area (Å²) in [5.74, 6) is -0.265. The molecule has 3 aromatic rings. The van der Waals surface area contributed by atoms with Gasteiger partial charge in [-0.25, -0.2) is 18.2 Å². The SMILES string of the molecule is Cc1nn(-c2ccc(Br)cc2)c(C)c1C(=O)NCc1ccc(S(N)(=O)=O)s1. The molecule has 27 heavy (non-hydrogen) atoms. The van der Waals surface area contributed by atoms with Crippen molar-refractivity contribution in [2.24, 2.45) is 5.14 Å². The van der Waals surface area contributed by atoms with Crippen molar-refractivity contribution in [3.8, 4) is 5.69 Å². The van der Waals surface area contributed by atoms with Gasteiger partial charge in [0.25, 0.3) is 5.91 Å². The zero-order chi connectivity index (χ0) is 19.8. The van der Waals surface area contributed by atoms with Crippen molar-refractivity contribution in [2.75, 3.05) is 0 Å². The monoisotopic (exact) mass is 468 g/mol. The van der Waals surface area contributed by atoms with Crippen LogP contribution in [0.25, 0.3) is 5.69 Å². The number of halogens is 1. The number of nitrogens with zero attached hydrogens (tertiary/aromatic N) is 2. The van der Waals surface area contributed by atoms with Gasteiger partial charge in [-0.2, -0.15) is 5.10 Å². The molecule has 0 saturated carbocycles. The molecular weight excluding hydrogens is 452 g/mol. The Balaban J connectivity index is 1.79. The Hall–Kier alpha value is -2.01. The molecule has 1 aromatic carbocycles. The van der Waals surface area contributed by atoms with E-state index in [0.29, 0.717) is 16.1 Å². The number of aromatic nitrogens is 2. The number of carbonyl (C=O) groups excluding carboxylic acids is 1. The average molecular weight is 469 g/mol. The maximum Gasteiger partial charge on any atom is 0.255 e. The molecule has 2 heterocycles. The number of carbonyl (C=O) groups is 1. The van der Waals surface area contributed by atoms with Crippen molar-refractivity contribution in [3.05, 3.63) is 62.7 Å². The smallest absolute Gasteiger partial charge is 0.255 e. The van der Waals surface area contributed by atoms with Crippen LogP contribution in [-0.2, 0) is 16.6 Å². The van der Waals surface area contributed by atoms with E-state index in [1.807, 2.05) is 31.2 Å². The predicted molar refractivity (Wildman–Crippen MR) is 108 cm³/mol. The van der Waals surface area contributed by atoms with Gasteiger partial charge < -0.3 is 5.32 Å². The fourth-order valence-electron chi connectivity index (χ4n) is 2.67. The van der Waals surface area contributed by atoms with Gasteiger partial charge >= 0.3 is 0 Å². The summed E-state index contributed by atoms with van der Waals surface area (Å²) in [5, 5.41) is 12.4. The summed E-state index contributed by atoms with van der Waals surface area (Å²) in [6.07, 6.45) is 0. The molecule has 2 aromatic heterocycles. The second-order valence-electron chi connectivity index (χ2n) is 5.88. The standard InChI is InChI=1S/C17H17BrN4O3S2/c1-10-16(11(2)22(21-10)13-5-3-12(18)4-6-13)17(23)20-9-14-7-8-15(26-14)27(19,24)25/h3-8H,9H2,1-2H3,(H,20,23)(H2,19,24,25). The molecule has 7 nitrogen and oxygen atoms in total. The van der Waals surface area contributed by atoms with Crippen LogP contribution >= 0.6 is 27.3 Å². The van der Waals surface area contributed by atoms with Gasteiger partial charge in [-0.1, -0.05) is 15.9 Å². The van der Waals surface area contributed by atoms with Crippen molar-refractivity contribution in [2.45, 2.75) is 24.6 Å². The normalized spacial score (nSPS) is 11.6. The van der Waals surface area contributed by atoms with Gasteiger partial charge in [-0.3, -0.25) is 4.79 Å². The minimum atomic E-state index is -3.73. The Morgan fingerprint density at radius 3 is 2.48 bits per heavy atom. The van der Waals surface area contributed by atoms with Crippen molar-refractivity contribution < 1.29 is 13.2 Å². The Bertz CT molecular complexity index is 1100. The van der Waals surface area contributed by atoms with Crippen molar-refractivity contribution >= 4 is 43.2 Å². The van der Waals surface area contributed by atoms with Crippen LogP contribution in [0.5, 0.6) is 0 Å². The maximum absolute atomic E-state index is 12.7. The number of nitrogens with two attached hydrogens (primary N) is 1. The topological polar surface area (TPSA) is 107 Å². The zero-order valence-electron chi connectivity index (χ0n) is 14.6. The molecule has 0 saturated heterocycles. The van der Waals surface area contributed by atoms with Gasteiger partial charge in [-0.05, 0) is 50.2 Å². The lowest BCUT2D eigenvalue weighted by atomic mass is 10.2. The molecule has 0 unspecified atom stereocenters. The summed E-state index contributed by atoms with van der Waals surface area (Å²) in [6.45, 7) is 3.82. The molecule has 0 fully saturated rings. The van der Waals surface area contributed by atoms with E-state index in [1.165, 1.54) is 6.07 Å². The summed E-state index contributed by atoms with van der Waals surface area (Å²) < 4.78 is 25.4. The molecular formula is C17H17BrN4O3S2. The lowest BCUT2D eigenvalue weighted by Crippen LogP contribution is -2.23. The van der Waals surface area contributed by atoms with Crippen LogP contribution in [0.1, 0.15) is 26.6 Å². The first-order valence-corrected chi connectivity index (χ1v) is 11.0. The first kappa shape index (κ1) is 19.7. The fourth-order valence-corrected chi connectivity index (χ4v) is 4.65. The Labute approximate surface area is 169 Å². The van der Waals surface area contributed by atoms with Gasteiger partial charge in [0.1, 0.15) is 4.21 Å². The van der Waals surface area contributed by atoms with E-state index in [2.05, 4.69) is 26.3 Å². The van der Waals surface area contributed by atoms with Crippen molar-refractivity contribution in [1.29, 1.82) is 0 Å². The zero-order valence-corrected chi connectivity index (χ0v) is 17.8. The summed E-state index contributed by atoms with van der Waals surface area (Å²) >= 11 is 4.43. The minimum absolute atomic E-state index is 0.0715. The van der Waals surface area contributed by atoms with Gasteiger partial charge in [0.2, 0.25) is 10.0 Å². The summed E-state index contributed by atoms with van der Waals surface area (Å²) in [4.78, 5) is 13.3. The molecule has 3 N–H and O–H groups in total. The van der Waals surface area contributed by atoms with Crippen LogP contribution in [0.4, 0.5) is 0 Å². The van der Waals surface area contributed by atoms with Crippen molar-refractivity contribution in [3.63, 3.8) is 0 Å². The number of benzene rings is 1. The Morgan fingerprint density at radius 2 is 1.89 bits per heavy atom. The molecule has 3 rings (SSSR count). The Morgan fingerprint density at radius 1 is 1.22 bits per heavy atom. The molecule has 10 heteroatoms. The third kappa shape index (κ3) is 4.29. The maximum atomic E-state index is 12.7. The molecule has 0 aliphatic carbocycles. The molecule has 1 amide bonds. The van der Waals surface area contributed by atoms with Gasteiger partial charge in [0, 0.05) is 9.35 Å². The minimum Gasteiger partial charge on any atom is -0.347 e. The van der Waals surface area contributed by atoms with E-state index in [0.717, 1.165) is 27.2 Å². The highest BCUT2D eigenvalue weighted by molar-refractivity contribution is 9.10. The highest BCUT2D eigenvalue weighted by atomic mass is 79.9. The molecule has 0 spiro atoms. The third-order valence-electron chi connectivity index (χ3n) is 3.93. The number of primary sulfonamides is 1. The predicted octanol–water partition coefficient (Wildman–Crippen LogP) is 2.89. The van der Waals surface area contributed by atoms with E-state index in [1.54, 1.807) is 17.7 Å². The van der Waals surface area contributed by atoms with Crippen LogP contribution in [0.2, 0.25) is 0 Å². The fraction of sp³-hybridized carbons (Fsp3) is 0.176. The molecule has 142 valence electrons. The second-order valence-corrected chi connectivity index (χ2v) is 9.75. The molecule has 0 bridgehead atoms. The molecule has 0 aliphatic rings. The molecule has 0 radical (unpaired) electrons. The lowest BCUT2D eigenvalue weighted by Gasteiger charge is -2.06. The van der Waals surface area contributed by atoms with Gasteiger partial charge in [0.05, 0.1) is 29.2 Å². The number of nitrogens with one attached hydrogen (secondary N) is 1. The summed E-state index contributed by atoms with van der Waals surface area (Å²) in [7, 11) is -3.73. The number of hydrogen-bond acceptors (Lipinski definition) is 5. The van der Waals surface area contributed by atoms with Crippen LogP contribution in [0, 0.1) is 13.8 Å². The lowest BCUT2D eigenvalue weighted by molar-refractivity contribution is 0.0950. The molecule has 0 aliphatic heterocycles. The van der Waals surface area contributed by atoms with Crippen LogP contribution in [-0.4, -0.2) is 24.1 Å². The number of amides is 1. The Kier molecular flexibility index (Phi) is 5.52. The van der Waals surface area contributed by atoms with E-state index in [9.17, 15) is 13.2 Å². The quantitative estimate of drug-likeness (QED) is 0.599. The van der Waals surface area contributed by atoms with Crippen LogP contribution in [0.3, 0.4) is 0 Å². The largest absolute Gasteiger partial charge is 0.347 e. The van der Waals surface area contributed by atoms with Crippen LogP contribution in [0.15, 0.2) is 45.1 Å². The first-order valence-electron chi connectivity index (χ1n) is 7.88. The number of rotatable bonds is 5. The number of aryl methyl sites for hydroxylation is 1. The number of sulfonamides is 1. The second kappa shape index (κ2) is 7.55. The number of thiophene rings is 1. The highest BCUT2D eigenvalue weighted by Gasteiger charge is 2.20. The van der Waals surface area contributed by atoms with Crippen molar-refractivity contribution in [1.82, 2.24) is 15.1 Å². The third-order valence-corrected chi connectivity index (χ3v) is 6.98. The highest BCUT2D eigenvalue weighted by Crippen LogP contribution is 2.22. The average Bonchev–Trinajstić information content (AvgIpc) is 3.18. The van der Waals surface area contributed by atoms with E-state index in [4.69, 9.17) is 5.14 Å². The molecule has 0 atom stereocenters. The van der Waals surface area contributed by atoms with Crippen LogP contribution < -0.4 is 10.5 Å². The van der Waals surface area contributed by atoms with Gasteiger partial charge in [-0.15, -0.1) is 11.3 Å². The van der Waals surface area contributed by atoms with Gasteiger partial charge in [0.15, 0.2) is 0 Å². The summed E-state index contributed by atoms with van der Waals surface area (Å²) in [5.41, 5.74) is 2.70. The van der Waals surface area contributed by atoms with E-state index in [-0.39, 0.29) is 16.7 Å². The first-order chi connectivity index (χ1) is 12.7. The number of hydrogen-bond donors (Lipinski definition) is 2. The van der Waals surface area contributed by atoms with E-state index < -0.39 is 10.0 Å². The van der Waals surface area contributed by atoms with E-state index >= 15 is 0 Å².